The summed E-state index contributed by atoms with van der Waals surface area (Å²) in [5.41, 5.74) is 1.51. The summed E-state index contributed by atoms with van der Waals surface area (Å²) >= 11 is 12.1. The first kappa shape index (κ1) is 19.8. The second-order valence-electron chi connectivity index (χ2n) is 6.31. The van der Waals surface area contributed by atoms with Gasteiger partial charge in [-0.2, -0.15) is 0 Å². The minimum Gasteiger partial charge on any atom is -0.505 e. The van der Waals surface area contributed by atoms with Crippen LogP contribution in [0, 0.1) is 0 Å². The fourth-order valence-electron chi connectivity index (χ4n) is 2.75. The van der Waals surface area contributed by atoms with Gasteiger partial charge in [0.2, 0.25) is 0 Å². The van der Waals surface area contributed by atoms with Crippen LogP contribution >= 0.6 is 23.2 Å². The zero-order valence-corrected chi connectivity index (χ0v) is 16.5. The fraction of sp³-hybridized carbons (Fsp3) is 0.100. The van der Waals surface area contributed by atoms with Gasteiger partial charge in [0.1, 0.15) is 5.56 Å². The number of carboxylic acids is 1. The summed E-state index contributed by atoms with van der Waals surface area (Å²) in [6, 6.07) is 11.5. The van der Waals surface area contributed by atoms with Crippen LogP contribution < -0.4 is 10.3 Å². The first-order valence-electron chi connectivity index (χ1n) is 8.15. The average Bonchev–Trinajstić information content (AvgIpc) is 2.65. The van der Waals surface area contributed by atoms with Gasteiger partial charge in [0.25, 0.3) is 0 Å². The number of aromatic hydroxyl groups is 1. The summed E-state index contributed by atoms with van der Waals surface area (Å²) in [4.78, 5) is 25.7. The molecule has 2 aromatic carbocycles. The van der Waals surface area contributed by atoms with Crippen LogP contribution in [0.1, 0.15) is 10.4 Å². The Balaban J connectivity index is 2.29. The Morgan fingerprint density at radius 3 is 2.11 bits per heavy atom. The van der Waals surface area contributed by atoms with Crippen molar-refractivity contribution in [1.82, 2.24) is 4.57 Å². The number of carboxylic acid groups (broad SMARTS) is 1. The van der Waals surface area contributed by atoms with Crippen molar-refractivity contribution in [3.05, 3.63) is 74.5 Å². The number of halogens is 2. The van der Waals surface area contributed by atoms with Gasteiger partial charge in [-0.05, 0) is 29.8 Å². The molecule has 0 fully saturated rings. The molecule has 6 nitrogen and oxygen atoms in total. The summed E-state index contributed by atoms with van der Waals surface area (Å²) in [6.07, 6.45) is 1.22. The Bertz CT molecular complexity index is 1100. The summed E-state index contributed by atoms with van der Waals surface area (Å²) < 4.78 is 1.51. The standard InChI is InChI=1S/C20H16Cl2N2O4/c1-23(2)12-5-3-11(4-6-12)17-9-18(25)14(20(27)28)10-24(17)13-7-15(21)19(26)16(22)8-13/h3-10,26H,1-2H3,(H,27,28). The third-order valence-corrected chi connectivity index (χ3v) is 4.82. The molecular weight excluding hydrogens is 403 g/mol. The Morgan fingerprint density at radius 2 is 1.61 bits per heavy atom. The topological polar surface area (TPSA) is 82.8 Å². The van der Waals surface area contributed by atoms with E-state index in [2.05, 4.69) is 0 Å². The second-order valence-corrected chi connectivity index (χ2v) is 7.13. The maximum absolute atomic E-state index is 12.3. The smallest absolute Gasteiger partial charge is 0.341 e. The second kappa shape index (κ2) is 7.58. The molecule has 0 bridgehead atoms. The Morgan fingerprint density at radius 1 is 1.04 bits per heavy atom. The van der Waals surface area contributed by atoms with Crippen molar-refractivity contribution in [2.75, 3.05) is 19.0 Å². The van der Waals surface area contributed by atoms with Crippen LogP contribution in [0.15, 0.2) is 53.5 Å². The highest BCUT2D eigenvalue weighted by molar-refractivity contribution is 6.37. The number of hydrogen-bond acceptors (Lipinski definition) is 4. The molecule has 0 amide bonds. The molecule has 0 unspecified atom stereocenters. The van der Waals surface area contributed by atoms with Gasteiger partial charge in [0.15, 0.2) is 11.2 Å². The first-order chi connectivity index (χ1) is 13.2. The molecule has 0 aliphatic carbocycles. The van der Waals surface area contributed by atoms with Gasteiger partial charge < -0.3 is 19.7 Å². The molecule has 3 rings (SSSR count). The lowest BCUT2D eigenvalue weighted by atomic mass is 10.1. The zero-order chi connectivity index (χ0) is 20.6. The number of aromatic nitrogens is 1. The number of pyridine rings is 1. The number of nitrogens with zero attached hydrogens (tertiary/aromatic N) is 2. The van der Waals surface area contributed by atoms with Crippen molar-refractivity contribution in [1.29, 1.82) is 0 Å². The van der Waals surface area contributed by atoms with Crippen LogP contribution in [-0.4, -0.2) is 34.8 Å². The monoisotopic (exact) mass is 418 g/mol. The van der Waals surface area contributed by atoms with Crippen molar-refractivity contribution in [2.45, 2.75) is 0 Å². The SMILES string of the molecule is CN(C)c1ccc(-c2cc(=O)c(C(=O)O)cn2-c2cc(Cl)c(O)c(Cl)c2)cc1. The molecule has 8 heteroatoms. The first-order valence-corrected chi connectivity index (χ1v) is 8.90. The molecule has 144 valence electrons. The molecule has 0 radical (unpaired) electrons. The van der Waals surface area contributed by atoms with Gasteiger partial charge in [0, 0.05) is 37.7 Å². The molecule has 3 aromatic rings. The fourth-order valence-corrected chi connectivity index (χ4v) is 3.23. The lowest BCUT2D eigenvalue weighted by molar-refractivity contribution is 0.0695. The van der Waals surface area contributed by atoms with E-state index in [-0.39, 0.29) is 15.8 Å². The number of rotatable bonds is 4. The number of phenols is 1. The molecule has 1 aromatic heterocycles. The minimum absolute atomic E-state index is 0.00646. The number of anilines is 1. The van der Waals surface area contributed by atoms with Gasteiger partial charge in [-0.1, -0.05) is 35.3 Å². The largest absolute Gasteiger partial charge is 0.505 e. The normalized spacial score (nSPS) is 10.7. The predicted octanol–water partition coefficient (Wildman–Crippen LogP) is 4.28. The lowest BCUT2D eigenvalue weighted by Crippen LogP contribution is -2.18. The molecule has 2 N–H and O–H groups in total. The van der Waals surface area contributed by atoms with Crippen molar-refractivity contribution in [2.24, 2.45) is 0 Å². The van der Waals surface area contributed by atoms with Gasteiger partial charge in [0.05, 0.1) is 15.7 Å². The summed E-state index contributed by atoms with van der Waals surface area (Å²) in [7, 11) is 3.82. The number of phenolic OH excluding ortho intramolecular Hbond substituents is 1. The van der Waals surface area contributed by atoms with Crippen molar-refractivity contribution < 1.29 is 15.0 Å². The van der Waals surface area contributed by atoms with E-state index in [0.717, 1.165) is 5.69 Å². The third kappa shape index (κ3) is 3.69. The van der Waals surface area contributed by atoms with E-state index in [9.17, 15) is 19.8 Å². The third-order valence-electron chi connectivity index (χ3n) is 4.24. The maximum Gasteiger partial charge on any atom is 0.341 e. The molecular formula is C20H16Cl2N2O4. The number of carbonyl (C=O) groups is 1. The molecule has 28 heavy (non-hydrogen) atoms. The van der Waals surface area contributed by atoms with E-state index < -0.39 is 17.0 Å². The zero-order valence-electron chi connectivity index (χ0n) is 15.0. The molecule has 0 spiro atoms. The number of benzene rings is 2. The van der Waals surface area contributed by atoms with Crippen molar-refractivity contribution >= 4 is 34.9 Å². The maximum atomic E-state index is 12.3. The summed E-state index contributed by atoms with van der Waals surface area (Å²) in [5.74, 6) is -1.62. The van der Waals surface area contributed by atoms with Gasteiger partial charge in [-0.15, -0.1) is 0 Å². The molecule has 0 saturated heterocycles. The highest BCUT2D eigenvalue weighted by Crippen LogP contribution is 2.35. The molecule has 1 heterocycles. The quantitative estimate of drug-likeness (QED) is 0.660. The molecule has 0 saturated carbocycles. The van der Waals surface area contributed by atoms with Crippen LogP contribution in [0.4, 0.5) is 5.69 Å². The van der Waals surface area contributed by atoms with Gasteiger partial charge >= 0.3 is 5.97 Å². The van der Waals surface area contributed by atoms with Crippen LogP contribution in [0.3, 0.4) is 0 Å². The van der Waals surface area contributed by atoms with Crippen molar-refractivity contribution in [3.63, 3.8) is 0 Å². The highest BCUT2D eigenvalue weighted by Gasteiger charge is 2.17. The van der Waals surface area contributed by atoms with E-state index in [1.54, 1.807) is 0 Å². The highest BCUT2D eigenvalue weighted by atomic mass is 35.5. The van der Waals surface area contributed by atoms with E-state index in [1.807, 2.05) is 43.3 Å². The predicted molar refractivity (Wildman–Crippen MR) is 110 cm³/mol. The van der Waals surface area contributed by atoms with E-state index in [1.165, 1.54) is 29.0 Å². The Kier molecular flexibility index (Phi) is 5.36. The van der Waals surface area contributed by atoms with Gasteiger partial charge in [-0.25, -0.2) is 4.79 Å². The Labute approximate surface area is 170 Å². The van der Waals surface area contributed by atoms with Crippen LogP contribution in [0.25, 0.3) is 16.9 Å². The lowest BCUT2D eigenvalue weighted by Gasteiger charge is -2.17. The molecule has 0 aliphatic heterocycles. The van der Waals surface area contributed by atoms with E-state index >= 15 is 0 Å². The minimum atomic E-state index is -1.34. The Hall–Kier alpha value is -2.96. The van der Waals surface area contributed by atoms with Crippen molar-refractivity contribution in [3.8, 4) is 22.7 Å². The number of hydrogen-bond donors (Lipinski definition) is 2. The number of aromatic carboxylic acids is 1. The molecule has 0 atom stereocenters. The van der Waals surface area contributed by atoms with E-state index in [0.29, 0.717) is 16.9 Å². The van der Waals surface area contributed by atoms with Crippen LogP contribution in [0.5, 0.6) is 5.75 Å². The molecule has 0 aliphatic rings. The summed E-state index contributed by atoms with van der Waals surface area (Å²) in [5, 5.41) is 19.2. The van der Waals surface area contributed by atoms with Gasteiger partial charge in [-0.3, -0.25) is 4.79 Å². The summed E-state index contributed by atoms with van der Waals surface area (Å²) in [6.45, 7) is 0. The van der Waals surface area contributed by atoms with E-state index in [4.69, 9.17) is 23.2 Å². The average molecular weight is 419 g/mol. The van der Waals surface area contributed by atoms with Crippen LogP contribution in [0.2, 0.25) is 10.0 Å². The van der Waals surface area contributed by atoms with Crippen LogP contribution in [-0.2, 0) is 0 Å².